The van der Waals surface area contributed by atoms with Crippen molar-refractivity contribution in [3.05, 3.63) is 71.9 Å². The molecule has 5 rings (SSSR count). The molecule has 2 atom stereocenters. The van der Waals surface area contributed by atoms with Crippen LogP contribution >= 0.6 is 0 Å². The van der Waals surface area contributed by atoms with Gasteiger partial charge in [0.05, 0.1) is 24.7 Å². The Balaban J connectivity index is 1.67. The molecule has 1 saturated heterocycles. The number of phenolic OH excluding ortho intramolecular Hbond substituents is 1. The summed E-state index contributed by atoms with van der Waals surface area (Å²) in [4.78, 5) is 15.2. The number of nitrogens with one attached hydrogen (secondary N) is 1. The van der Waals surface area contributed by atoms with Crippen molar-refractivity contribution in [1.29, 1.82) is 0 Å². The van der Waals surface area contributed by atoms with E-state index in [1.807, 2.05) is 6.07 Å². The van der Waals surface area contributed by atoms with E-state index in [4.69, 9.17) is 9.47 Å². The standard InChI is InChI=1S/C25H25N3O6S/c1-3-11-34-19-9-8-15(13-20(19)33-2)24-21-22(17-6-4-5-7-18(17)29)26-27-23(21)25(30)28(24)16-10-12-35(31,32)14-16/h3-9,13,16,24,29H,1,10-12,14H2,2H3,(H,26,27). The number of rotatable bonds is 7. The molecule has 0 saturated carbocycles. The van der Waals surface area contributed by atoms with Gasteiger partial charge in [-0.3, -0.25) is 9.89 Å². The molecule has 0 spiro atoms. The molecule has 2 N–H and O–H groups in total. The maximum atomic E-state index is 13.6. The van der Waals surface area contributed by atoms with Crippen molar-refractivity contribution >= 4 is 15.7 Å². The maximum Gasteiger partial charge on any atom is 0.273 e. The predicted molar refractivity (Wildman–Crippen MR) is 129 cm³/mol. The summed E-state index contributed by atoms with van der Waals surface area (Å²) in [5.41, 5.74) is 2.49. The van der Waals surface area contributed by atoms with Gasteiger partial charge in [-0.2, -0.15) is 5.10 Å². The number of nitrogens with zero attached hydrogens (tertiary/aromatic N) is 2. The van der Waals surface area contributed by atoms with Crippen molar-refractivity contribution in [3.63, 3.8) is 0 Å². The molecule has 2 aromatic carbocycles. The molecule has 10 heteroatoms. The zero-order chi connectivity index (χ0) is 24.7. The minimum Gasteiger partial charge on any atom is -0.507 e. The quantitative estimate of drug-likeness (QED) is 0.483. The van der Waals surface area contributed by atoms with Crippen molar-refractivity contribution < 1.29 is 27.8 Å². The van der Waals surface area contributed by atoms with Crippen LogP contribution in [0.4, 0.5) is 0 Å². The number of aromatic amines is 1. The molecule has 3 aromatic rings. The number of benzene rings is 2. The van der Waals surface area contributed by atoms with Crippen molar-refractivity contribution in [3.8, 4) is 28.5 Å². The molecule has 182 valence electrons. The number of hydrogen-bond acceptors (Lipinski definition) is 7. The van der Waals surface area contributed by atoms with Crippen molar-refractivity contribution in [1.82, 2.24) is 15.1 Å². The van der Waals surface area contributed by atoms with E-state index in [2.05, 4.69) is 16.8 Å². The molecule has 2 aliphatic rings. The molecule has 1 aromatic heterocycles. The van der Waals surface area contributed by atoms with Crippen molar-refractivity contribution in [2.45, 2.75) is 18.5 Å². The third kappa shape index (κ3) is 3.93. The minimum atomic E-state index is -3.24. The number of carbonyl (C=O) groups excluding carboxylic acids is 1. The fourth-order valence-electron chi connectivity index (χ4n) is 4.87. The molecule has 1 fully saturated rings. The zero-order valence-corrected chi connectivity index (χ0v) is 19.9. The minimum absolute atomic E-state index is 0.0284. The average Bonchev–Trinajstić information content (AvgIpc) is 3.51. The summed E-state index contributed by atoms with van der Waals surface area (Å²) in [5, 5.41) is 17.7. The van der Waals surface area contributed by atoms with Gasteiger partial charge in [0, 0.05) is 17.2 Å². The third-order valence-electron chi connectivity index (χ3n) is 6.43. The zero-order valence-electron chi connectivity index (χ0n) is 19.1. The highest BCUT2D eigenvalue weighted by molar-refractivity contribution is 7.91. The van der Waals surface area contributed by atoms with E-state index < -0.39 is 21.9 Å². The van der Waals surface area contributed by atoms with Gasteiger partial charge in [0.1, 0.15) is 23.7 Å². The molecule has 0 bridgehead atoms. The summed E-state index contributed by atoms with van der Waals surface area (Å²) in [5.74, 6) is 0.620. The van der Waals surface area contributed by atoms with Crippen molar-refractivity contribution in [2.24, 2.45) is 0 Å². The molecule has 35 heavy (non-hydrogen) atoms. The largest absolute Gasteiger partial charge is 0.507 e. The van der Waals surface area contributed by atoms with Gasteiger partial charge in [-0.1, -0.05) is 30.9 Å². The number of sulfone groups is 1. The molecule has 0 radical (unpaired) electrons. The molecule has 2 unspecified atom stereocenters. The van der Waals surface area contributed by atoms with E-state index in [1.54, 1.807) is 47.4 Å². The summed E-state index contributed by atoms with van der Waals surface area (Å²) in [6, 6.07) is 11.0. The first-order valence-electron chi connectivity index (χ1n) is 11.2. The normalized spacial score (nSPS) is 20.6. The highest BCUT2D eigenvalue weighted by atomic mass is 32.2. The van der Waals surface area contributed by atoms with Gasteiger partial charge in [0.2, 0.25) is 0 Å². The molecule has 0 aliphatic carbocycles. The molecular weight excluding hydrogens is 470 g/mol. The monoisotopic (exact) mass is 495 g/mol. The van der Waals surface area contributed by atoms with Crippen LogP contribution in [0.15, 0.2) is 55.1 Å². The topological polar surface area (TPSA) is 122 Å². The average molecular weight is 496 g/mol. The highest BCUT2D eigenvalue weighted by Crippen LogP contribution is 2.47. The summed E-state index contributed by atoms with van der Waals surface area (Å²) in [7, 11) is -1.72. The summed E-state index contributed by atoms with van der Waals surface area (Å²) >= 11 is 0. The predicted octanol–water partition coefficient (Wildman–Crippen LogP) is 3.09. The number of para-hydroxylation sites is 1. The van der Waals surface area contributed by atoms with Gasteiger partial charge >= 0.3 is 0 Å². The lowest BCUT2D eigenvalue weighted by Crippen LogP contribution is -2.40. The second-order valence-corrected chi connectivity index (χ2v) is 10.8. The van der Waals surface area contributed by atoms with Crippen LogP contribution in [-0.2, 0) is 9.84 Å². The number of phenols is 1. The fraction of sp³-hybridized carbons (Fsp3) is 0.280. The lowest BCUT2D eigenvalue weighted by Gasteiger charge is -2.31. The highest BCUT2D eigenvalue weighted by Gasteiger charge is 2.48. The van der Waals surface area contributed by atoms with Gasteiger partial charge in [-0.15, -0.1) is 0 Å². The number of amides is 1. The molecule has 9 nitrogen and oxygen atoms in total. The van der Waals surface area contributed by atoms with Crippen molar-refractivity contribution in [2.75, 3.05) is 25.2 Å². The van der Waals surface area contributed by atoms with Crippen LogP contribution in [0.1, 0.15) is 34.1 Å². The van der Waals surface area contributed by atoms with Crippen LogP contribution in [-0.4, -0.2) is 65.8 Å². The lowest BCUT2D eigenvalue weighted by molar-refractivity contribution is 0.0677. The van der Waals surface area contributed by atoms with Crippen LogP contribution in [0.5, 0.6) is 17.2 Å². The van der Waals surface area contributed by atoms with Crippen LogP contribution in [0, 0.1) is 0 Å². The number of aromatic nitrogens is 2. The number of aromatic hydroxyl groups is 1. The van der Waals surface area contributed by atoms with E-state index in [-0.39, 0.29) is 28.9 Å². The molecule has 2 aliphatic heterocycles. The van der Waals surface area contributed by atoms with E-state index >= 15 is 0 Å². The van der Waals surface area contributed by atoms with Crippen LogP contribution in [0.3, 0.4) is 0 Å². The Labute approximate surface area is 202 Å². The number of methoxy groups -OCH3 is 1. The van der Waals surface area contributed by atoms with Crippen LogP contribution in [0.2, 0.25) is 0 Å². The Hall–Kier alpha value is -3.79. The Bertz CT molecular complexity index is 1410. The number of ether oxygens (including phenoxy) is 2. The first-order chi connectivity index (χ1) is 16.8. The smallest absolute Gasteiger partial charge is 0.273 e. The van der Waals surface area contributed by atoms with Gasteiger partial charge in [0.15, 0.2) is 21.3 Å². The van der Waals surface area contributed by atoms with E-state index in [9.17, 15) is 18.3 Å². The molecule has 1 amide bonds. The summed E-state index contributed by atoms with van der Waals surface area (Å²) in [6.07, 6.45) is 1.98. The Morgan fingerprint density at radius 3 is 2.74 bits per heavy atom. The van der Waals surface area contributed by atoms with Gasteiger partial charge < -0.3 is 19.5 Å². The SMILES string of the molecule is C=CCOc1ccc(C2c3c(-c4ccccc4O)n[nH]c3C(=O)N2C2CCS(=O)(=O)C2)cc1OC. The van der Waals surface area contributed by atoms with Crippen LogP contribution in [0.25, 0.3) is 11.3 Å². The Morgan fingerprint density at radius 1 is 1.26 bits per heavy atom. The molecular formula is C25H25N3O6S. The second kappa shape index (κ2) is 8.77. The number of fused-ring (bicyclic) bond motifs is 1. The second-order valence-electron chi connectivity index (χ2n) is 8.56. The Morgan fingerprint density at radius 2 is 2.06 bits per heavy atom. The Kier molecular flexibility index (Phi) is 5.76. The first kappa shape index (κ1) is 23.0. The first-order valence-corrected chi connectivity index (χ1v) is 13.0. The summed E-state index contributed by atoms with van der Waals surface area (Å²) in [6.45, 7) is 3.96. The van der Waals surface area contributed by atoms with Gasteiger partial charge in [-0.05, 0) is 36.2 Å². The van der Waals surface area contributed by atoms with Crippen LogP contribution < -0.4 is 9.47 Å². The third-order valence-corrected chi connectivity index (χ3v) is 8.18. The number of hydrogen-bond donors (Lipinski definition) is 2. The van der Waals surface area contributed by atoms with Gasteiger partial charge in [-0.25, -0.2) is 8.42 Å². The van der Waals surface area contributed by atoms with E-state index in [1.165, 1.54) is 7.11 Å². The van der Waals surface area contributed by atoms with E-state index in [0.717, 1.165) is 0 Å². The fourth-order valence-corrected chi connectivity index (χ4v) is 6.58. The molecule has 3 heterocycles. The number of carbonyl (C=O) groups is 1. The lowest BCUT2D eigenvalue weighted by atomic mass is 9.94. The van der Waals surface area contributed by atoms with Gasteiger partial charge in [0.25, 0.3) is 5.91 Å². The summed E-state index contributed by atoms with van der Waals surface area (Å²) < 4.78 is 35.8. The van der Waals surface area contributed by atoms with E-state index in [0.29, 0.717) is 46.9 Å². The maximum absolute atomic E-state index is 13.6. The number of H-pyrrole nitrogens is 1.